The van der Waals surface area contributed by atoms with Gasteiger partial charge in [-0.25, -0.2) is 4.79 Å². The van der Waals surface area contributed by atoms with Gasteiger partial charge in [0, 0.05) is 30.7 Å². The Morgan fingerprint density at radius 2 is 2.14 bits per heavy atom. The van der Waals surface area contributed by atoms with Crippen LogP contribution in [0.1, 0.15) is 12.0 Å². The third-order valence-electron chi connectivity index (χ3n) is 3.79. The van der Waals surface area contributed by atoms with E-state index in [-0.39, 0.29) is 25.0 Å². The van der Waals surface area contributed by atoms with E-state index in [1.165, 1.54) is 19.1 Å². The average molecular weight is 328 g/mol. The summed E-state index contributed by atoms with van der Waals surface area (Å²) in [6.07, 6.45) is 0.0695. The first kappa shape index (κ1) is 16.6. The second-order valence-corrected chi connectivity index (χ2v) is 5.56. The first-order chi connectivity index (χ1) is 10.5. The maximum atomic E-state index is 12.5. The number of rotatable bonds is 5. The normalized spacial score (nSPS) is 21.0. The molecule has 1 aromatic rings. The van der Waals surface area contributed by atoms with Crippen molar-refractivity contribution in [3.8, 4) is 5.75 Å². The molecule has 120 valence electrons. The van der Waals surface area contributed by atoms with Crippen LogP contribution in [0, 0.1) is 0 Å². The molecule has 0 saturated carbocycles. The fourth-order valence-corrected chi connectivity index (χ4v) is 2.82. The molecule has 1 aromatic carbocycles. The van der Waals surface area contributed by atoms with Crippen LogP contribution in [0.15, 0.2) is 18.2 Å². The van der Waals surface area contributed by atoms with E-state index in [4.69, 9.17) is 21.1 Å². The molecule has 0 bridgehead atoms. The molecule has 1 aliphatic heterocycles. The largest absolute Gasteiger partial charge is 0.496 e. The van der Waals surface area contributed by atoms with E-state index in [0.717, 1.165) is 0 Å². The molecule has 0 radical (unpaired) electrons. The first-order valence-electron chi connectivity index (χ1n) is 6.83. The van der Waals surface area contributed by atoms with Gasteiger partial charge < -0.3 is 19.5 Å². The van der Waals surface area contributed by atoms with Crippen LogP contribution < -0.4 is 4.74 Å². The van der Waals surface area contributed by atoms with Crippen LogP contribution in [-0.4, -0.2) is 54.8 Å². The summed E-state index contributed by atoms with van der Waals surface area (Å²) in [7, 11) is 3.02. The van der Waals surface area contributed by atoms with Gasteiger partial charge in [0.15, 0.2) is 0 Å². The van der Waals surface area contributed by atoms with Gasteiger partial charge in [-0.1, -0.05) is 11.6 Å². The minimum absolute atomic E-state index is 0.0317. The van der Waals surface area contributed by atoms with E-state index in [0.29, 0.717) is 22.8 Å². The third-order valence-corrected chi connectivity index (χ3v) is 4.02. The zero-order chi connectivity index (χ0) is 16.3. The molecule has 22 heavy (non-hydrogen) atoms. The van der Waals surface area contributed by atoms with Crippen molar-refractivity contribution in [3.63, 3.8) is 0 Å². The van der Waals surface area contributed by atoms with Crippen LogP contribution >= 0.6 is 11.6 Å². The summed E-state index contributed by atoms with van der Waals surface area (Å²) in [6.45, 7) is 0.273. The van der Waals surface area contributed by atoms with Gasteiger partial charge in [-0.3, -0.25) is 4.79 Å². The predicted octanol–water partition coefficient (Wildman–Crippen LogP) is 1.59. The topological polar surface area (TPSA) is 76.1 Å². The lowest BCUT2D eigenvalue weighted by Gasteiger charge is -2.21. The molecule has 6 nitrogen and oxygen atoms in total. The van der Waals surface area contributed by atoms with Gasteiger partial charge in [0.05, 0.1) is 19.6 Å². The number of likely N-dealkylation sites (tertiary alicyclic amines) is 1. The summed E-state index contributed by atoms with van der Waals surface area (Å²) in [5.74, 6) is -0.759. The van der Waals surface area contributed by atoms with Gasteiger partial charge in [-0.15, -0.1) is 0 Å². The number of carboxylic acids is 1. The number of carbonyl (C=O) groups is 2. The van der Waals surface area contributed by atoms with Crippen LogP contribution in [0.5, 0.6) is 5.75 Å². The van der Waals surface area contributed by atoms with E-state index in [1.54, 1.807) is 18.2 Å². The summed E-state index contributed by atoms with van der Waals surface area (Å²) < 4.78 is 10.4. The zero-order valence-corrected chi connectivity index (χ0v) is 13.2. The molecule has 0 spiro atoms. The Kier molecular flexibility index (Phi) is 5.26. The number of benzene rings is 1. The monoisotopic (exact) mass is 327 g/mol. The van der Waals surface area contributed by atoms with Crippen molar-refractivity contribution in [1.29, 1.82) is 0 Å². The number of carbonyl (C=O) groups excluding carboxylic acids is 1. The molecule has 1 fully saturated rings. The minimum Gasteiger partial charge on any atom is -0.496 e. The van der Waals surface area contributed by atoms with Crippen molar-refractivity contribution in [2.75, 3.05) is 20.8 Å². The highest BCUT2D eigenvalue weighted by Crippen LogP contribution is 2.26. The van der Waals surface area contributed by atoms with Crippen molar-refractivity contribution in [2.45, 2.75) is 25.0 Å². The Morgan fingerprint density at radius 1 is 1.41 bits per heavy atom. The van der Waals surface area contributed by atoms with Crippen molar-refractivity contribution in [3.05, 3.63) is 28.8 Å². The fraction of sp³-hybridized carbons (Fsp3) is 0.467. The summed E-state index contributed by atoms with van der Waals surface area (Å²) in [5.41, 5.74) is 0.630. The number of aliphatic carboxylic acids is 1. The number of amides is 1. The van der Waals surface area contributed by atoms with Crippen LogP contribution in [0.4, 0.5) is 0 Å². The summed E-state index contributed by atoms with van der Waals surface area (Å²) in [5, 5.41) is 9.76. The van der Waals surface area contributed by atoms with Gasteiger partial charge in [0.25, 0.3) is 0 Å². The van der Waals surface area contributed by atoms with Gasteiger partial charge in [0.1, 0.15) is 11.8 Å². The SMILES string of the molecule is COc1ccc(Cl)cc1CC(=O)N1CC(OC)CC1C(=O)O. The Bertz CT molecular complexity index is 577. The van der Waals surface area contributed by atoms with Crippen molar-refractivity contribution >= 4 is 23.5 Å². The number of ether oxygens (including phenoxy) is 2. The van der Waals surface area contributed by atoms with Gasteiger partial charge in [0.2, 0.25) is 5.91 Å². The number of carboxylic acid groups (broad SMARTS) is 1. The Labute approximate surface area is 133 Å². The molecule has 1 saturated heterocycles. The maximum absolute atomic E-state index is 12.5. The molecule has 0 aromatic heterocycles. The Morgan fingerprint density at radius 3 is 2.73 bits per heavy atom. The van der Waals surface area contributed by atoms with Gasteiger partial charge in [-0.05, 0) is 18.2 Å². The molecule has 1 N–H and O–H groups in total. The molecule has 2 rings (SSSR count). The molecular formula is C15H18ClNO5. The number of halogens is 1. The Hall–Kier alpha value is -1.79. The lowest BCUT2D eigenvalue weighted by atomic mass is 10.1. The zero-order valence-electron chi connectivity index (χ0n) is 12.4. The fourth-order valence-electron chi connectivity index (χ4n) is 2.63. The molecule has 7 heteroatoms. The first-order valence-corrected chi connectivity index (χ1v) is 7.21. The van der Waals surface area contributed by atoms with E-state index in [9.17, 15) is 14.7 Å². The third kappa shape index (κ3) is 3.51. The number of hydrogen-bond donors (Lipinski definition) is 1. The van der Waals surface area contributed by atoms with Crippen molar-refractivity contribution in [2.24, 2.45) is 0 Å². The second kappa shape index (κ2) is 6.98. The van der Waals surface area contributed by atoms with E-state index in [2.05, 4.69) is 0 Å². The standard InChI is InChI=1S/C15H18ClNO5/c1-21-11-7-12(15(19)20)17(8-11)14(18)6-9-5-10(16)3-4-13(9)22-2/h3-5,11-12H,6-8H2,1-2H3,(H,19,20). The summed E-state index contributed by atoms with van der Waals surface area (Å²) in [6, 6.07) is 4.15. The lowest BCUT2D eigenvalue weighted by molar-refractivity contribution is -0.148. The highest BCUT2D eigenvalue weighted by atomic mass is 35.5. The molecule has 2 unspecified atom stereocenters. The van der Waals surface area contributed by atoms with Crippen molar-refractivity contribution < 1.29 is 24.2 Å². The number of hydrogen-bond acceptors (Lipinski definition) is 4. The van der Waals surface area contributed by atoms with E-state index < -0.39 is 12.0 Å². The molecule has 1 amide bonds. The molecule has 1 heterocycles. The summed E-state index contributed by atoms with van der Waals surface area (Å²) in [4.78, 5) is 25.1. The predicted molar refractivity (Wildman–Crippen MR) is 80.3 cm³/mol. The van der Waals surface area contributed by atoms with Gasteiger partial charge in [-0.2, -0.15) is 0 Å². The van der Waals surface area contributed by atoms with Crippen molar-refractivity contribution in [1.82, 2.24) is 4.90 Å². The summed E-state index contributed by atoms with van der Waals surface area (Å²) >= 11 is 5.95. The minimum atomic E-state index is -1.02. The van der Waals surface area contributed by atoms with Crippen LogP contribution in [-0.2, 0) is 20.7 Å². The van der Waals surface area contributed by atoms with E-state index >= 15 is 0 Å². The van der Waals surface area contributed by atoms with Crippen LogP contribution in [0.3, 0.4) is 0 Å². The molecule has 0 aliphatic carbocycles. The maximum Gasteiger partial charge on any atom is 0.326 e. The molecule has 2 atom stereocenters. The number of methoxy groups -OCH3 is 2. The van der Waals surface area contributed by atoms with Gasteiger partial charge >= 0.3 is 5.97 Å². The highest BCUT2D eigenvalue weighted by molar-refractivity contribution is 6.30. The highest BCUT2D eigenvalue weighted by Gasteiger charge is 2.39. The quantitative estimate of drug-likeness (QED) is 0.888. The second-order valence-electron chi connectivity index (χ2n) is 5.13. The van der Waals surface area contributed by atoms with Crippen LogP contribution in [0.2, 0.25) is 5.02 Å². The smallest absolute Gasteiger partial charge is 0.326 e. The average Bonchev–Trinajstić information content (AvgIpc) is 2.92. The number of nitrogens with zero attached hydrogens (tertiary/aromatic N) is 1. The molecule has 1 aliphatic rings. The lowest BCUT2D eigenvalue weighted by Crippen LogP contribution is -2.41. The van der Waals surface area contributed by atoms with E-state index in [1.807, 2.05) is 0 Å². The van der Waals surface area contributed by atoms with Crippen LogP contribution in [0.25, 0.3) is 0 Å². The Balaban J connectivity index is 2.17. The molecular weight excluding hydrogens is 310 g/mol.